The number of hydrogen-bond donors (Lipinski definition) is 1. The predicted molar refractivity (Wildman–Crippen MR) is 72.5 cm³/mol. The van der Waals surface area contributed by atoms with Gasteiger partial charge in [-0.05, 0) is 17.5 Å². The largest absolute Gasteiger partial charge is 0.508 e. The Bertz CT molecular complexity index is 371. The van der Waals surface area contributed by atoms with Crippen LogP contribution in [-0.2, 0) is 14.2 Å². The summed E-state index contributed by atoms with van der Waals surface area (Å²) in [5.74, 6) is 0.804. The van der Waals surface area contributed by atoms with Crippen molar-refractivity contribution in [1.29, 1.82) is 0 Å². The standard InChI is InChI=1S/C9H12O.C6H10O3/c1-7(2)8-5-3-4-6-9(8)10;1(5-3-8-5)7-2-6-4-9-6/h3-7,10H,1-2H3;5-6H,1-4H2. The molecule has 19 heavy (non-hydrogen) atoms. The van der Waals surface area contributed by atoms with E-state index in [1.807, 2.05) is 18.2 Å². The number of phenolic OH excluding ortho intramolecular Hbond substituents is 1. The molecule has 2 atom stereocenters. The van der Waals surface area contributed by atoms with Crippen molar-refractivity contribution >= 4 is 0 Å². The molecule has 2 aliphatic heterocycles. The summed E-state index contributed by atoms with van der Waals surface area (Å²) in [4.78, 5) is 0. The van der Waals surface area contributed by atoms with Crippen LogP contribution < -0.4 is 0 Å². The Morgan fingerprint density at radius 1 is 1.16 bits per heavy atom. The van der Waals surface area contributed by atoms with E-state index in [0.717, 1.165) is 32.0 Å². The summed E-state index contributed by atoms with van der Waals surface area (Å²) in [6.45, 7) is 7.39. The Hall–Kier alpha value is -1.10. The predicted octanol–water partition coefficient (Wildman–Crippen LogP) is 2.32. The van der Waals surface area contributed by atoms with Gasteiger partial charge in [-0.2, -0.15) is 0 Å². The Balaban J connectivity index is 0.000000141. The van der Waals surface area contributed by atoms with E-state index in [4.69, 9.17) is 14.2 Å². The summed E-state index contributed by atoms with van der Waals surface area (Å²) in [5.41, 5.74) is 1.02. The van der Waals surface area contributed by atoms with Gasteiger partial charge in [0.1, 0.15) is 18.0 Å². The lowest BCUT2D eigenvalue weighted by atomic mass is 10.0. The van der Waals surface area contributed by atoms with Crippen molar-refractivity contribution < 1.29 is 19.3 Å². The SMILES string of the molecule is C(OCC1CO1)C1CO1.CC(C)c1ccccc1O. The molecule has 2 heterocycles. The molecule has 0 bridgehead atoms. The molecule has 1 aromatic carbocycles. The lowest BCUT2D eigenvalue weighted by Gasteiger charge is -2.05. The van der Waals surface area contributed by atoms with Gasteiger partial charge in [0.05, 0.1) is 26.4 Å². The molecule has 2 aliphatic rings. The molecular formula is C15H22O4. The molecule has 2 saturated heterocycles. The Morgan fingerprint density at radius 3 is 2.05 bits per heavy atom. The van der Waals surface area contributed by atoms with Gasteiger partial charge in [0.2, 0.25) is 0 Å². The summed E-state index contributed by atoms with van der Waals surface area (Å²) in [6.07, 6.45) is 0.785. The van der Waals surface area contributed by atoms with Crippen LogP contribution in [0.3, 0.4) is 0 Å². The number of phenols is 1. The molecule has 0 amide bonds. The molecule has 1 N–H and O–H groups in total. The average Bonchev–Trinajstić information content (AvgIpc) is 3.25. The minimum atomic E-state index is 0.392. The summed E-state index contributed by atoms with van der Waals surface area (Å²) in [7, 11) is 0. The molecule has 3 rings (SSSR count). The van der Waals surface area contributed by atoms with Crippen molar-refractivity contribution in [3.8, 4) is 5.75 Å². The third kappa shape index (κ3) is 5.59. The molecule has 106 valence electrons. The molecule has 0 saturated carbocycles. The summed E-state index contributed by atoms with van der Waals surface area (Å²) < 4.78 is 15.1. The number of ether oxygens (including phenoxy) is 3. The number of epoxide rings is 2. The van der Waals surface area contributed by atoms with Gasteiger partial charge in [-0.15, -0.1) is 0 Å². The first-order chi connectivity index (χ1) is 9.16. The topological polar surface area (TPSA) is 54.5 Å². The smallest absolute Gasteiger partial charge is 0.119 e. The van der Waals surface area contributed by atoms with Crippen LogP contribution in [0.15, 0.2) is 24.3 Å². The van der Waals surface area contributed by atoms with Gasteiger partial charge >= 0.3 is 0 Å². The van der Waals surface area contributed by atoms with Crippen LogP contribution in [0.1, 0.15) is 25.3 Å². The van der Waals surface area contributed by atoms with Gasteiger partial charge in [-0.25, -0.2) is 0 Å². The van der Waals surface area contributed by atoms with Gasteiger partial charge in [0.15, 0.2) is 0 Å². The van der Waals surface area contributed by atoms with E-state index >= 15 is 0 Å². The van der Waals surface area contributed by atoms with Crippen LogP contribution >= 0.6 is 0 Å². The maximum atomic E-state index is 9.28. The molecule has 0 radical (unpaired) electrons. The van der Waals surface area contributed by atoms with Gasteiger partial charge < -0.3 is 19.3 Å². The number of benzene rings is 1. The van der Waals surface area contributed by atoms with Crippen LogP contribution in [-0.4, -0.2) is 43.7 Å². The molecule has 2 fully saturated rings. The normalized spacial score (nSPS) is 23.7. The molecule has 0 aliphatic carbocycles. The highest BCUT2D eigenvalue weighted by molar-refractivity contribution is 5.33. The first-order valence-electron chi connectivity index (χ1n) is 6.75. The summed E-state index contributed by atoms with van der Waals surface area (Å²) in [6, 6.07) is 7.44. The van der Waals surface area contributed by atoms with Crippen LogP contribution in [0.5, 0.6) is 5.75 Å². The molecule has 4 nitrogen and oxygen atoms in total. The van der Waals surface area contributed by atoms with Gasteiger partial charge in [0.25, 0.3) is 0 Å². The molecular weight excluding hydrogens is 244 g/mol. The maximum absolute atomic E-state index is 9.28. The zero-order chi connectivity index (χ0) is 13.7. The fraction of sp³-hybridized carbons (Fsp3) is 0.600. The van der Waals surface area contributed by atoms with E-state index in [-0.39, 0.29) is 0 Å². The van der Waals surface area contributed by atoms with Crippen molar-refractivity contribution in [3.63, 3.8) is 0 Å². The van der Waals surface area contributed by atoms with Crippen molar-refractivity contribution in [1.82, 2.24) is 0 Å². The minimum absolute atomic E-state index is 0.392. The highest BCUT2D eigenvalue weighted by atomic mass is 16.6. The highest BCUT2D eigenvalue weighted by Gasteiger charge is 2.26. The average molecular weight is 266 g/mol. The number of para-hydroxylation sites is 1. The minimum Gasteiger partial charge on any atom is -0.508 e. The van der Waals surface area contributed by atoms with Crippen LogP contribution in [0.4, 0.5) is 0 Å². The lowest BCUT2D eigenvalue weighted by Crippen LogP contribution is -2.06. The van der Waals surface area contributed by atoms with E-state index < -0.39 is 0 Å². The van der Waals surface area contributed by atoms with E-state index in [2.05, 4.69) is 13.8 Å². The van der Waals surface area contributed by atoms with Crippen molar-refractivity contribution in [3.05, 3.63) is 29.8 Å². The third-order valence-corrected chi connectivity index (χ3v) is 2.97. The van der Waals surface area contributed by atoms with E-state index in [1.54, 1.807) is 6.07 Å². The van der Waals surface area contributed by atoms with E-state index in [1.165, 1.54) is 0 Å². The quantitative estimate of drug-likeness (QED) is 0.831. The molecule has 1 aromatic rings. The number of aromatic hydroxyl groups is 1. The lowest BCUT2D eigenvalue weighted by molar-refractivity contribution is 0.102. The van der Waals surface area contributed by atoms with Crippen molar-refractivity contribution in [2.24, 2.45) is 0 Å². The van der Waals surface area contributed by atoms with Gasteiger partial charge in [-0.3, -0.25) is 0 Å². The number of hydrogen-bond acceptors (Lipinski definition) is 4. The van der Waals surface area contributed by atoms with Gasteiger partial charge in [0, 0.05) is 0 Å². The van der Waals surface area contributed by atoms with Crippen molar-refractivity contribution in [2.45, 2.75) is 32.0 Å². The van der Waals surface area contributed by atoms with E-state index in [9.17, 15) is 5.11 Å². The van der Waals surface area contributed by atoms with Crippen molar-refractivity contribution in [2.75, 3.05) is 26.4 Å². The molecule has 2 unspecified atom stereocenters. The first-order valence-corrected chi connectivity index (χ1v) is 6.75. The second-order valence-corrected chi connectivity index (χ2v) is 5.16. The number of rotatable bonds is 5. The van der Waals surface area contributed by atoms with Crippen LogP contribution in [0, 0.1) is 0 Å². The molecule has 4 heteroatoms. The zero-order valence-corrected chi connectivity index (χ0v) is 11.5. The Morgan fingerprint density at radius 2 is 1.68 bits per heavy atom. The highest BCUT2D eigenvalue weighted by Crippen LogP contribution is 2.23. The molecule has 0 spiro atoms. The zero-order valence-electron chi connectivity index (χ0n) is 11.5. The monoisotopic (exact) mass is 266 g/mol. The second kappa shape index (κ2) is 6.89. The Labute approximate surface area is 114 Å². The fourth-order valence-corrected chi connectivity index (χ4v) is 1.64. The second-order valence-electron chi connectivity index (χ2n) is 5.16. The van der Waals surface area contributed by atoms with E-state index in [0.29, 0.717) is 23.9 Å². The first kappa shape index (κ1) is 14.3. The summed E-state index contributed by atoms with van der Waals surface area (Å²) in [5, 5.41) is 9.28. The van der Waals surface area contributed by atoms with Gasteiger partial charge in [-0.1, -0.05) is 32.0 Å². The molecule has 0 aromatic heterocycles. The fourth-order valence-electron chi connectivity index (χ4n) is 1.64. The maximum Gasteiger partial charge on any atom is 0.119 e. The Kier molecular flexibility index (Phi) is 5.19. The summed E-state index contributed by atoms with van der Waals surface area (Å²) >= 11 is 0. The third-order valence-electron chi connectivity index (χ3n) is 2.97. The van der Waals surface area contributed by atoms with Crippen LogP contribution in [0.2, 0.25) is 0 Å². The van der Waals surface area contributed by atoms with Crippen LogP contribution in [0.25, 0.3) is 0 Å².